The van der Waals surface area contributed by atoms with E-state index in [2.05, 4.69) is 46.3 Å². The third-order valence-corrected chi connectivity index (χ3v) is 4.80. The molecule has 0 N–H and O–H groups in total. The molecule has 0 saturated carbocycles. The summed E-state index contributed by atoms with van der Waals surface area (Å²) in [6, 6.07) is 12.8. The van der Waals surface area contributed by atoms with Gasteiger partial charge in [0.25, 0.3) is 0 Å². The monoisotopic (exact) mass is 344 g/mol. The summed E-state index contributed by atoms with van der Waals surface area (Å²) in [4.78, 5) is 12.0. The van der Waals surface area contributed by atoms with Crippen LogP contribution in [0, 0.1) is 0 Å². The minimum atomic E-state index is -0.239. The molecule has 0 spiro atoms. The zero-order valence-electron chi connectivity index (χ0n) is 12.0. The van der Waals surface area contributed by atoms with Crippen molar-refractivity contribution in [3.05, 3.63) is 68.7 Å². The van der Waals surface area contributed by atoms with Crippen molar-refractivity contribution in [1.82, 2.24) is 0 Å². The standard InChI is InChI=1S/C18H17BrO2/c1-21-18(20)16-10-12-2-3-13-5-7-15(17(19)11-13)9-8-14(16)6-4-12/h4-7,10-11H,2-3,8-9H2,1H3. The molecule has 0 fully saturated rings. The second kappa shape index (κ2) is 6.02. The molecule has 4 bridgehead atoms. The van der Waals surface area contributed by atoms with Gasteiger partial charge in [-0.15, -0.1) is 0 Å². The number of aryl methyl sites for hydroxylation is 4. The van der Waals surface area contributed by atoms with Gasteiger partial charge in [-0.25, -0.2) is 4.79 Å². The maximum atomic E-state index is 12.0. The van der Waals surface area contributed by atoms with E-state index in [-0.39, 0.29) is 5.97 Å². The van der Waals surface area contributed by atoms with E-state index >= 15 is 0 Å². The highest BCUT2D eigenvalue weighted by Gasteiger charge is 2.14. The number of ether oxygens (including phenoxy) is 1. The number of hydrogen-bond acceptors (Lipinski definition) is 2. The van der Waals surface area contributed by atoms with Crippen LogP contribution in [0.1, 0.15) is 32.6 Å². The van der Waals surface area contributed by atoms with Crippen molar-refractivity contribution >= 4 is 21.9 Å². The summed E-state index contributed by atoms with van der Waals surface area (Å²) in [6.07, 6.45) is 3.64. The first kappa shape index (κ1) is 14.3. The van der Waals surface area contributed by atoms with Crippen molar-refractivity contribution in [3.8, 4) is 0 Å². The van der Waals surface area contributed by atoms with Crippen LogP contribution in [0.5, 0.6) is 0 Å². The van der Waals surface area contributed by atoms with E-state index in [0.717, 1.165) is 35.7 Å². The van der Waals surface area contributed by atoms with Gasteiger partial charge in [0.05, 0.1) is 12.7 Å². The Balaban J connectivity index is 2.04. The first-order chi connectivity index (χ1) is 10.2. The molecule has 0 saturated heterocycles. The molecule has 21 heavy (non-hydrogen) atoms. The van der Waals surface area contributed by atoms with E-state index in [9.17, 15) is 4.79 Å². The van der Waals surface area contributed by atoms with Gasteiger partial charge >= 0.3 is 5.97 Å². The molecule has 4 aliphatic rings. The molecule has 2 aromatic rings. The third kappa shape index (κ3) is 3.03. The Kier molecular flexibility index (Phi) is 4.11. The largest absolute Gasteiger partial charge is 0.465 e. The van der Waals surface area contributed by atoms with Crippen molar-refractivity contribution in [1.29, 1.82) is 0 Å². The maximum absolute atomic E-state index is 12.0. The Morgan fingerprint density at radius 1 is 0.952 bits per heavy atom. The lowest BCUT2D eigenvalue weighted by Crippen LogP contribution is -2.09. The molecule has 0 amide bonds. The highest BCUT2D eigenvalue weighted by molar-refractivity contribution is 9.10. The summed E-state index contributed by atoms with van der Waals surface area (Å²) < 4.78 is 6.09. The molecule has 0 unspecified atom stereocenters. The summed E-state index contributed by atoms with van der Waals surface area (Å²) >= 11 is 3.66. The number of halogens is 1. The molecule has 6 rings (SSSR count). The smallest absolute Gasteiger partial charge is 0.338 e. The predicted molar refractivity (Wildman–Crippen MR) is 86.7 cm³/mol. The summed E-state index contributed by atoms with van der Waals surface area (Å²) in [5.41, 5.74) is 5.54. The Labute approximate surface area is 133 Å². The molecule has 2 nitrogen and oxygen atoms in total. The predicted octanol–water partition coefficient (Wildman–Crippen LogP) is 4.12. The maximum Gasteiger partial charge on any atom is 0.338 e. The third-order valence-electron chi connectivity index (χ3n) is 4.06. The second-order valence-corrected chi connectivity index (χ2v) is 6.26. The SMILES string of the molecule is COC(=O)c1cc2ccc1CCc1ccc(cc1Br)CC2. The average Bonchev–Trinajstić information content (AvgIpc) is 2.49. The molecule has 0 heterocycles. The van der Waals surface area contributed by atoms with Gasteiger partial charge in [-0.3, -0.25) is 0 Å². The number of esters is 1. The first-order valence-electron chi connectivity index (χ1n) is 7.15. The van der Waals surface area contributed by atoms with Gasteiger partial charge in [-0.05, 0) is 60.1 Å². The Bertz CT molecular complexity index is 692. The Morgan fingerprint density at radius 3 is 2.24 bits per heavy atom. The van der Waals surface area contributed by atoms with Crippen LogP contribution in [-0.4, -0.2) is 13.1 Å². The molecular formula is C18H17BrO2. The number of benzene rings is 2. The van der Waals surface area contributed by atoms with Gasteiger partial charge in [0, 0.05) is 4.47 Å². The van der Waals surface area contributed by atoms with Crippen LogP contribution in [0.15, 0.2) is 40.9 Å². The van der Waals surface area contributed by atoms with Crippen molar-refractivity contribution in [3.63, 3.8) is 0 Å². The van der Waals surface area contributed by atoms with Gasteiger partial charge in [0.15, 0.2) is 0 Å². The van der Waals surface area contributed by atoms with Crippen LogP contribution in [0.4, 0.5) is 0 Å². The fraction of sp³-hybridized carbons (Fsp3) is 0.278. The average molecular weight is 345 g/mol. The molecule has 3 heteroatoms. The van der Waals surface area contributed by atoms with Gasteiger partial charge < -0.3 is 4.74 Å². The molecule has 0 aromatic heterocycles. The van der Waals surface area contributed by atoms with Crippen molar-refractivity contribution in [2.45, 2.75) is 25.7 Å². The van der Waals surface area contributed by atoms with Crippen LogP contribution in [-0.2, 0) is 30.4 Å². The molecule has 0 radical (unpaired) electrons. The normalized spacial score (nSPS) is 13.6. The van der Waals surface area contributed by atoms with Gasteiger partial charge in [-0.1, -0.05) is 40.2 Å². The lowest BCUT2D eigenvalue weighted by Gasteiger charge is -2.14. The second-order valence-electron chi connectivity index (χ2n) is 5.41. The highest BCUT2D eigenvalue weighted by Crippen LogP contribution is 2.24. The fourth-order valence-electron chi connectivity index (χ4n) is 2.80. The van der Waals surface area contributed by atoms with Crippen LogP contribution >= 0.6 is 15.9 Å². The molecular weight excluding hydrogens is 328 g/mol. The van der Waals surface area contributed by atoms with E-state index in [0.29, 0.717) is 5.56 Å². The van der Waals surface area contributed by atoms with Crippen molar-refractivity contribution in [2.24, 2.45) is 0 Å². The first-order valence-corrected chi connectivity index (χ1v) is 7.94. The minimum Gasteiger partial charge on any atom is -0.465 e. The summed E-state index contributed by atoms with van der Waals surface area (Å²) in [7, 11) is 1.44. The molecule has 108 valence electrons. The van der Waals surface area contributed by atoms with E-state index < -0.39 is 0 Å². The van der Waals surface area contributed by atoms with Crippen molar-refractivity contribution < 1.29 is 9.53 Å². The zero-order valence-corrected chi connectivity index (χ0v) is 13.6. The topological polar surface area (TPSA) is 26.3 Å². The fourth-order valence-corrected chi connectivity index (χ4v) is 3.43. The van der Waals surface area contributed by atoms with Crippen molar-refractivity contribution in [2.75, 3.05) is 7.11 Å². The van der Waals surface area contributed by atoms with Crippen LogP contribution in [0.2, 0.25) is 0 Å². The molecule has 0 aliphatic heterocycles. The van der Waals surface area contributed by atoms with E-state index in [4.69, 9.17) is 4.74 Å². The number of rotatable bonds is 1. The van der Waals surface area contributed by atoms with E-state index in [1.807, 2.05) is 6.07 Å². The van der Waals surface area contributed by atoms with Crippen LogP contribution in [0.25, 0.3) is 0 Å². The molecule has 4 aliphatic carbocycles. The minimum absolute atomic E-state index is 0.239. The number of carbonyl (C=O) groups is 1. The number of hydrogen-bond donors (Lipinski definition) is 0. The lowest BCUT2D eigenvalue weighted by atomic mass is 9.93. The number of carbonyl (C=O) groups excluding carboxylic acids is 1. The van der Waals surface area contributed by atoms with Crippen LogP contribution in [0.3, 0.4) is 0 Å². The highest BCUT2D eigenvalue weighted by atomic mass is 79.9. The Morgan fingerprint density at radius 2 is 1.57 bits per heavy atom. The summed E-state index contributed by atoms with van der Waals surface area (Å²) in [5.74, 6) is -0.239. The van der Waals surface area contributed by atoms with Gasteiger partial charge in [-0.2, -0.15) is 0 Å². The van der Waals surface area contributed by atoms with Crippen LogP contribution < -0.4 is 0 Å². The molecule has 2 aromatic carbocycles. The lowest BCUT2D eigenvalue weighted by molar-refractivity contribution is 0.0599. The van der Waals surface area contributed by atoms with Gasteiger partial charge in [0.1, 0.15) is 0 Å². The summed E-state index contributed by atoms with van der Waals surface area (Å²) in [6.45, 7) is 0. The molecule has 0 atom stereocenters. The Hall–Kier alpha value is -1.61. The quantitative estimate of drug-likeness (QED) is 0.727. The van der Waals surface area contributed by atoms with Gasteiger partial charge in [0.2, 0.25) is 0 Å². The summed E-state index contributed by atoms with van der Waals surface area (Å²) in [5, 5.41) is 0. The number of methoxy groups -OCH3 is 1. The van der Waals surface area contributed by atoms with E-state index in [1.54, 1.807) is 0 Å². The van der Waals surface area contributed by atoms with E-state index in [1.165, 1.54) is 23.8 Å². The zero-order chi connectivity index (χ0) is 14.8.